The zero-order valence-corrected chi connectivity index (χ0v) is 16.5. The average molecular weight is 379 g/mol. The van der Waals surface area contributed by atoms with E-state index in [0.29, 0.717) is 23.4 Å². The Morgan fingerprint density at radius 2 is 2.04 bits per heavy atom. The molecule has 0 saturated carbocycles. The molecule has 28 heavy (non-hydrogen) atoms. The first kappa shape index (κ1) is 19.7. The normalized spacial score (nSPS) is 16.3. The molecule has 1 atom stereocenters. The minimum absolute atomic E-state index is 0.0752. The van der Waals surface area contributed by atoms with Crippen LogP contribution in [0, 0.1) is 31.1 Å². The van der Waals surface area contributed by atoms with Gasteiger partial charge in [0.25, 0.3) is 0 Å². The fourth-order valence-electron chi connectivity index (χ4n) is 3.42. The van der Waals surface area contributed by atoms with E-state index >= 15 is 0 Å². The Hall–Kier alpha value is -3.07. The van der Waals surface area contributed by atoms with E-state index in [-0.39, 0.29) is 24.1 Å². The van der Waals surface area contributed by atoms with Gasteiger partial charge in [-0.3, -0.25) is 14.9 Å². The van der Waals surface area contributed by atoms with Crippen molar-refractivity contribution in [2.24, 2.45) is 5.92 Å². The number of hydrogen-bond donors (Lipinski definition) is 1. The Labute approximate surface area is 165 Å². The summed E-state index contributed by atoms with van der Waals surface area (Å²) in [4.78, 5) is 26.7. The van der Waals surface area contributed by atoms with Crippen molar-refractivity contribution in [2.75, 3.05) is 16.8 Å². The number of furan rings is 1. The standard InChI is InChI=1S/C22H25N3O3/c1-4-5-6-16-7-9-18(10-8-16)25-13-17(11-20(25)26)21(27)24-22-19(12-23)14(2)15(3)28-22/h7-10,17H,4-6,11,13H2,1-3H3,(H,24,27). The van der Waals surface area contributed by atoms with Crippen LogP contribution < -0.4 is 10.2 Å². The van der Waals surface area contributed by atoms with Crippen LogP contribution in [0.15, 0.2) is 28.7 Å². The van der Waals surface area contributed by atoms with Gasteiger partial charge in [0.05, 0.1) is 5.92 Å². The van der Waals surface area contributed by atoms with Crippen LogP contribution in [0.3, 0.4) is 0 Å². The van der Waals surface area contributed by atoms with Crippen LogP contribution in [0.1, 0.15) is 48.6 Å². The molecule has 1 aliphatic heterocycles. The Bertz CT molecular complexity index is 922. The van der Waals surface area contributed by atoms with Crippen LogP contribution in [0.25, 0.3) is 0 Å². The molecule has 1 unspecified atom stereocenters. The van der Waals surface area contributed by atoms with Gasteiger partial charge in [-0.2, -0.15) is 5.26 Å². The van der Waals surface area contributed by atoms with Gasteiger partial charge in [0.15, 0.2) is 0 Å². The SMILES string of the molecule is CCCCc1ccc(N2CC(C(=O)Nc3oc(C)c(C)c3C#N)CC2=O)cc1. The number of unbranched alkanes of at least 4 members (excludes halogenated alkanes) is 1. The van der Waals surface area contributed by atoms with E-state index in [1.165, 1.54) is 5.56 Å². The van der Waals surface area contributed by atoms with E-state index in [4.69, 9.17) is 4.42 Å². The van der Waals surface area contributed by atoms with Crippen molar-refractivity contribution in [3.05, 3.63) is 46.7 Å². The molecule has 1 fully saturated rings. The summed E-state index contributed by atoms with van der Waals surface area (Å²) in [5, 5.41) is 12.0. The lowest BCUT2D eigenvalue weighted by atomic mass is 10.1. The molecule has 0 aliphatic carbocycles. The Kier molecular flexibility index (Phi) is 5.84. The van der Waals surface area contributed by atoms with Crippen molar-refractivity contribution < 1.29 is 14.0 Å². The van der Waals surface area contributed by atoms with Gasteiger partial charge in [-0.25, -0.2) is 0 Å². The molecule has 1 N–H and O–H groups in total. The second kappa shape index (κ2) is 8.30. The number of hydrogen-bond acceptors (Lipinski definition) is 4. The lowest BCUT2D eigenvalue weighted by Crippen LogP contribution is -2.28. The van der Waals surface area contributed by atoms with Crippen LogP contribution in [0.2, 0.25) is 0 Å². The molecule has 1 aliphatic rings. The fourth-order valence-corrected chi connectivity index (χ4v) is 3.42. The van der Waals surface area contributed by atoms with Gasteiger partial charge >= 0.3 is 0 Å². The summed E-state index contributed by atoms with van der Waals surface area (Å²) >= 11 is 0. The summed E-state index contributed by atoms with van der Waals surface area (Å²) < 4.78 is 5.50. The van der Waals surface area contributed by atoms with Crippen molar-refractivity contribution >= 4 is 23.4 Å². The molecule has 2 heterocycles. The van der Waals surface area contributed by atoms with E-state index in [1.807, 2.05) is 24.3 Å². The maximum atomic E-state index is 12.6. The number of anilines is 2. The van der Waals surface area contributed by atoms with Gasteiger partial charge in [-0.05, 0) is 44.4 Å². The number of carbonyl (C=O) groups is 2. The van der Waals surface area contributed by atoms with E-state index in [1.54, 1.807) is 18.7 Å². The van der Waals surface area contributed by atoms with Crippen molar-refractivity contribution in [1.82, 2.24) is 0 Å². The van der Waals surface area contributed by atoms with E-state index in [0.717, 1.165) is 24.9 Å². The lowest BCUT2D eigenvalue weighted by molar-refractivity contribution is -0.122. The first-order valence-electron chi connectivity index (χ1n) is 9.64. The maximum Gasteiger partial charge on any atom is 0.232 e. The highest BCUT2D eigenvalue weighted by Gasteiger charge is 2.36. The molecule has 6 heteroatoms. The summed E-state index contributed by atoms with van der Waals surface area (Å²) in [5.74, 6) is -0.105. The predicted molar refractivity (Wildman–Crippen MR) is 107 cm³/mol. The Balaban J connectivity index is 1.68. The number of nitrogens with one attached hydrogen (secondary N) is 1. The first-order valence-corrected chi connectivity index (χ1v) is 9.64. The van der Waals surface area contributed by atoms with Crippen LogP contribution in [-0.2, 0) is 16.0 Å². The molecule has 1 saturated heterocycles. The molecular weight excluding hydrogens is 354 g/mol. The van der Waals surface area contributed by atoms with Crippen molar-refractivity contribution in [3.8, 4) is 6.07 Å². The topological polar surface area (TPSA) is 86.3 Å². The van der Waals surface area contributed by atoms with Gasteiger partial charge in [0, 0.05) is 24.2 Å². The highest BCUT2D eigenvalue weighted by molar-refractivity contribution is 6.03. The van der Waals surface area contributed by atoms with Crippen molar-refractivity contribution in [3.63, 3.8) is 0 Å². The molecule has 6 nitrogen and oxygen atoms in total. The number of carbonyl (C=O) groups excluding carboxylic acids is 2. The van der Waals surface area contributed by atoms with Crippen LogP contribution in [-0.4, -0.2) is 18.4 Å². The molecule has 0 radical (unpaired) electrons. The summed E-state index contributed by atoms with van der Waals surface area (Å²) in [6.45, 7) is 6.00. The fraction of sp³-hybridized carbons (Fsp3) is 0.409. The summed E-state index contributed by atoms with van der Waals surface area (Å²) in [5.41, 5.74) is 3.10. The minimum atomic E-state index is -0.482. The predicted octanol–water partition coefficient (Wildman–Crippen LogP) is 4.10. The zero-order valence-electron chi connectivity index (χ0n) is 16.5. The van der Waals surface area contributed by atoms with Crippen molar-refractivity contribution in [2.45, 2.75) is 46.5 Å². The smallest absolute Gasteiger partial charge is 0.232 e. The summed E-state index contributed by atoms with van der Waals surface area (Å²) in [6.07, 6.45) is 3.45. The van der Waals surface area contributed by atoms with Crippen LogP contribution >= 0.6 is 0 Å². The monoisotopic (exact) mass is 379 g/mol. The minimum Gasteiger partial charge on any atom is -0.444 e. The average Bonchev–Trinajstić information content (AvgIpc) is 3.20. The number of rotatable bonds is 6. The molecule has 1 aromatic heterocycles. The lowest BCUT2D eigenvalue weighted by Gasteiger charge is -2.17. The van der Waals surface area contributed by atoms with Crippen LogP contribution in [0.4, 0.5) is 11.6 Å². The van der Waals surface area contributed by atoms with E-state index in [9.17, 15) is 14.9 Å². The first-order chi connectivity index (χ1) is 13.4. The highest BCUT2D eigenvalue weighted by Crippen LogP contribution is 2.29. The highest BCUT2D eigenvalue weighted by atomic mass is 16.4. The second-order valence-electron chi connectivity index (χ2n) is 7.26. The number of nitrogens with zero attached hydrogens (tertiary/aromatic N) is 2. The van der Waals surface area contributed by atoms with E-state index in [2.05, 4.69) is 18.3 Å². The quantitative estimate of drug-likeness (QED) is 0.818. The van der Waals surface area contributed by atoms with Crippen LogP contribution in [0.5, 0.6) is 0 Å². The molecule has 146 valence electrons. The largest absolute Gasteiger partial charge is 0.444 e. The number of amides is 2. The number of benzene rings is 1. The van der Waals surface area contributed by atoms with Gasteiger partial charge in [0.2, 0.25) is 17.7 Å². The summed E-state index contributed by atoms with van der Waals surface area (Å²) in [6, 6.07) is 10.0. The maximum absolute atomic E-state index is 12.6. The molecule has 0 spiro atoms. The zero-order chi connectivity index (χ0) is 20.3. The second-order valence-corrected chi connectivity index (χ2v) is 7.26. The number of nitriles is 1. The third-order valence-electron chi connectivity index (χ3n) is 5.30. The molecule has 3 rings (SSSR count). The molecule has 2 aromatic rings. The van der Waals surface area contributed by atoms with Gasteiger partial charge < -0.3 is 9.32 Å². The third-order valence-corrected chi connectivity index (χ3v) is 5.30. The van der Waals surface area contributed by atoms with E-state index < -0.39 is 5.92 Å². The molecule has 0 bridgehead atoms. The molecule has 2 amide bonds. The molecule has 1 aromatic carbocycles. The molecular formula is C22H25N3O3. The summed E-state index contributed by atoms with van der Waals surface area (Å²) in [7, 11) is 0. The Morgan fingerprint density at radius 3 is 2.68 bits per heavy atom. The number of aryl methyl sites for hydroxylation is 2. The van der Waals surface area contributed by atoms with Gasteiger partial charge in [-0.15, -0.1) is 0 Å². The third kappa shape index (κ3) is 3.94. The Morgan fingerprint density at radius 1 is 1.32 bits per heavy atom. The van der Waals surface area contributed by atoms with Crippen molar-refractivity contribution in [1.29, 1.82) is 5.26 Å². The van der Waals surface area contributed by atoms with Gasteiger partial charge in [-0.1, -0.05) is 25.5 Å². The van der Waals surface area contributed by atoms with Gasteiger partial charge in [0.1, 0.15) is 17.4 Å².